The summed E-state index contributed by atoms with van der Waals surface area (Å²) in [5, 5.41) is 3.76. The molecule has 0 bridgehead atoms. The van der Waals surface area contributed by atoms with E-state index in [1.807, 2.05) is 0 Å². The van der Waals surface area contributed by atoms with E-state index in [-0.39, 0.29) is 0 Å². The second-order valence-corrected chi connectivity index (χ2v) is 6.16. The van der Waals surface area contributed by atoms with E-state index >= 15 is 0 Å². The summed E-state index contributed by atoms with van der Waals surface area (Å²) in [6.45, 7) is 3.31. The van der Waals surface area contributed by atoms with E-state index in [0.717, 1.165) is 24.8 Å². The maximum atomic E-state index is 5.41. The highest BCUT2D eigenvalue weighted by Gasteiger charge is 2.40. The molecule has 1 aromatic carbocycles. The van der Waals surface area contributed by atoms with Gasteiger partial charge in [0, 0.05) is 18.1 Å². The zero-order valence-electron chi connectivity index (χ0n) is 12.9. The zero-order chi connectivity index (χ0) is 14.1. The summed E-state index contributed by atoms with van der Waals surface area (Å²) in [6.07, 6.45) is 5.07. The topological polar surface area (TPSA) is 24.5 Å². The van der Waals surface area contributed by atoms with Gasteiger partial charge in [-0.15, -0.1) is 0 Å². The van der Waals surface area contributed by atoms with Crippen molar-refractivity contribution in [3.05, 3.63) is 29.3 Å². The highest BCUT2D eigenvalue weighted by Crippen LogP contribution is 2.40. The number of ether oxygens (including phenoxy) is 1. The van der Waals surface area contributed by atoms with Crippen LogP contribution >= 0.6 is 0 Å². The minimum absolute atomic E-state index is 0.450. The van der Waals surface area contributed by atoms with Crippen LogP contribution in [-0.4, -0.2) is 37.7 Å². The molecule has 2 aliphatic rings. The minimum atomic E-state index is 0.450. The zero-order valence-corrected chi connectivity index (χ0v) is 12.9. The first-order chi connectivity index (χ1) is 9.74. The van der Waals surface area contributed by atoms with Gasteiger partial charge in [0.25, 0.3) is 0 Å². The van der Waals surface area contributed by atoms with Crippen LogP contribution in [0.15, 0.2) is 18.2 Å². The molecule has 2 unspecified atom stereocenters. The van der Waals surface area contributed by atoms with E-state index in [1.54, 1.807) is 7.11 Å². The number of rotatable bonds is 6. The Balaban J connectivity index is 1.85. The Kier molecular flexibility index (Phi) is 3.99. The van der Waals surface area contributed by atoms with Gasteiger partial charge in [0.2, 0.25) is 0 Å². The Bertz CT molecular complexity index is 470. The van der Waals surface area contributed by atoms with E-state index in [1.165, 1.54) is 30.4 Å². The van der Waals surface area contributed by atoms with E-state index in [9.17, 15) is 0 Å². The molecule has 0 spiro atoms. The summed E-state index contributed by atoms with van der Waals surface area (Å²) >= 11 is 0. The van der Waals surface area contributed by atoms with E-state index in [2.05, 4.69) is 42.4 Å². The second-order valence-electron chi connectivity index (χ2n) is 6.16. The van der Waals surface area contributed by atoms with Crippen molar-refractivity contribution in [2.45, 2.75) is 50.7 Å². The summed E-state index contributed by atoms with van der Waals surface area (Å²) in [7, 11) is 4.05. The molecule has 1 fully saturated rings. The van der Waals surface area contributed by atoms with Crippen molar-refractivity contribution in [2.75, 3.05) is 20.7 Å². The smallest absolute Gasteiger partial charge is 0.119 e. The van der Waals surface area contributed by atoms with Crippen LogP contribution in [0, 0.1) is 0 Å². The quantitative estimate of drug-likeness (QED) is 0.863. The fourth-order valence-electron chi connectivity index (χ4n) is 3.40. The van der Waals surface area contributed by atoms with Gasteiger partial charge in [-0.05, 0) is 62.5 Å². The minimum Gasteiger partial charge on any atom is -0.497 e. The molecular weight excluding hydrogens is 248 g/mol. The molecule has 0 heterocycles. The van der Waals surface area contributed by atoms with Gasteiger partial charge < -0.3 is 10.1 Å². The normalized spacial score (nSPS) is 25.0. The predicted molar refractivity (Wildman–Crippen MR) is 82.3 cm³/mol. The number of likely N-dealkylation sites (N-methyl/N-ethyl adjacent to an activating group) is 1. The van der Waals surface area contributed by atoms with Crippen molar-refractivity contribution in [2.24, 2.45) is 0 Å². The van der Waals surface area contributed by atoms with Crippen molar-refractivity contribution >= 4 is 0 Å². The van der Waals surface area contributed by atoms with E-state index < -0.39 is 0 Å². The van der Waals surface area contributed by atoms with Crippen molar-refractivity contribution in [3.8, 4) is 5.75 Å². The third-order valence-corrected chi connectivity index (χ3v) is 4.76. The molecule has 2 atom stereocenters. The highest BCUT2D eigenvalue weighted by atomic mass is 16.5. The summed E-state index contributed by atoms with van der Waals surface area (Å²) in [5.74, 6) is 0.974. The number of hydrogen-bond donors (Lipinski definition) is 1. The fourth-order valence-corrected chi connectivity index (χ4v) is 3.40. The van der Waals surface area contributed by atoms with Crippen LogP contribution in [0.2, 0.25) is 0 Å². The van der Waals surface area contributed by atoms with Gasteiger partial charge in [-0.1, -0.05) is 13.0 Å². The molecule has 20 heavy (non-hydrogen) atoms. The van der Waals surface area contributed by atoms with Crippen molar-refractivity contribution in [1.29, 1.82) is 0 Å². The molecule has 0 aromatic heterocycles. The first-order valence-corrected chi connectivity index (χ1v) is 7.86. The second kappa shape index (κ2) is 5.74. The number of hydrogen-bond acceptors (Lipinski definition) is 3. The first kappa shape index (κ1) is 13.9. The monoisotopic (exact) mass is 274 g/mol. The summed E-state index contributed by atoms with van der Waals surface area (Å²) < 4.78 is 5.41. The molecule has 3 heteroatoms. The standard InChI is InChI=1S/C17H26N2O/c1-4-9-18-17-15-11-14(20-3)8-5-12(15)10-16(17)19(2)13-6-7-13/h5,8,11,13,16-18H,4,6-7,9-10H2,1-3H3. The van der Waals surface area contributed by atoms with Crippen LogP contribution < -0.4 is 10.1 Å². The molecule has 0 saturated heterocycles. The van der Waals surface area contributed by atoms with Crippen LogP contribution in [0.5, 0.6) is 5.75 Å². The first-order valence-electron chi connectivity index (χ1n) is 7.86. The Labute approximate surface area is 122 Å². The predicted octanol–water partition coefficient (Wildman–Crippen LogP) is 2.75. The number of nitrogens with one attached hydrogen (secondary N) is 1. The average Bonchev–Trinajstić information content (AvgIpc) is 3.26. The molecule has 2 aliphatic carbocycles. The lowest BCUT2D eigenvalue weighted by atomic mass is 10.1. The number of nitrogens with zero attached hydrogens (tertiary/aromatic N) is 1. The summed E-state index contributed by atoms with van der Waals surface area (Å²) in [5.41, 5.74) is 2.92. The number of fused-ring (bicyclic) bond motifs is 1. The number of benzene rings is 1. The van der Waals surface area contributed by atoms with Crippen LogP contribution in [0.1, 0.15) is 43.4 Å². The molecule has 1 saturated carbocycles. The van der Waals surface area contributed by atoms with Gasteiger partial charge >= 0.3 is 0 Å². The molecule has 0 amide bonds. The van der Waals surface area contributed by atoms with Gasteiger partial charge in [-0.25, -0.2) is 0 Å². The summed E-state index contributed by atoms with van der Waals surface area (Å²) in [4.78, 5) is 2.60. The Morgan fingerprint density at radius 3 is 2.80 bits per heavy atom. The van der Waals surface area contributed by atoms with Gasteiger partial charge in [0.1, 0.15) is 5.75 Å². The lowest BCUT2D eigenvalue weighted by Crippen LogP contribution is -2.42. The molecule has 1 N–H and O–H groups in total. The summed E-state index contributed by atoms with van der Waals surface area (Å²) in [6, 6.07) is 8.41. The number of methoxy groups -OCH3 is 1. The molecule has 110 valence electrons. The fraction of sp³-hybridized carbons (Fsp3) is 0.647. The molecule has 0 radical (unpaired) electrons. The van der Waals surface area contributed by atoms with Gasteiger partial charge in [-0.3, -0.25) is 4.90 Å². The molecular formula is C17H26N2O. The van der Waals surface area contributed by atoms with Crippen LogP contribution in [0.4, 0.5) is 0 Å². The highest BCUT2D eigenvalue weighted by molar-refractivity contribution is 5.43. The van der Waals surface area contributed by atoms with E-state index in [4.69, 9.17) is 4.74 Å². The van der Waals surface area contributed by atoms with Crippen LogP contribution in [-0.2, 0) is 6.42 Å². The maximum absolute atomic E-state index is 5.41. The SMILES string of the molecule is CCCNC1c2cc(OC)ccc2CC1N(C)C1CC1. The lowest BCUT2D eigenvalue weighted by Gasteiger charge is -2.30. The molecule has 1 aromatic rings. The third kappa shape index (κ3) is 2.57. The lowest BCUT2D eigenvalue weighted by molar-refractivity contribution is 0.195. The van der Waals surface area contributed by atoms with Gasteiger partial charge in [-0.2, -0.15) is 0 Å². The van der Waals surface area contributed by atoms with Crippen LogP contribution in [0.3, 0.4) is 0 Å². The average molecular weight is 274 g/mol. The maximum Gasteiger partial charge on any atom is 0.119 e. The largest absolute Gasteiger partial charge is 0.497 e. The van der Waals surface area contributed by atoms with Gasteiger partial charge in [0.05, 0.1) is 7.11 Å². The molecule has 0 aliphatic heterocycles. The van der Waals surface area contributed by atoms with Gasteiger partial charge in [0.15, 0.2) is 0 Å². The van der Waals surface area contributed by atoms with Crippen molar-refractivity contribution in [1.82, 2.24) is 10.2 Å². The Hall–Kier alpha value is -1.06. The molecule has 3 rings (SSSR count). The third-order valence-electron chi connectivity index (χ3n) is 4.76. The Morgan fingerprint density at radius 1 is 1.35 bits per heavy atom. The molecule has 3 nitrogen and oxygen atoms in total. The van der Waals surface area contributed by atoms with Crippen molar-refractivity contribution in [3.63, 3.8) is 0 Å². The Morgan fingerprint density at radius 2 is 2.15 bits per heavy atom. The van der Waals surface area contributed by atoms with Crippen LogP contribution in [0.25, 0.3) is 0 Å². The van der Waals surface area contributed by atoms with E-state index in [0.29, 0.717) is 12.1 Å². The van der Waals surface area contributed by atoms with Crippen molar-refractivity contribution < 1.29 is 4.74 Å².